The van der Waals surface area contributed by atoms with Crippen LogP contribution >= 0.6 is 0 Å². The van der Waals surface area contributed by atoms with Crippen LogP contribution in [0.1, 0.15) is 42.9 Å². The lowest BCUT2D eigenvalue weighted by Crippen LogP contribution is -2.20. The van der Waals surface area contributed by atoms with Gasteiger partial charge in [-0.1, -0.05) is 19.9 Å². The molecular weight excluding hydrogens is 378 g/mol. The van der Waals surface area contributed by atoms with Gasteiger partial charge in [0.05, 0.1) is 4.90 Å². The van der Waals surface area contributed by atoms with Crippen LogP contribution in [-0.4, -0.2) is 48.9 Å². The number of carbonyl (C=O) groups excluding carboxylic acids is 1. The van der Waals surface area contributed by atoms with E-state index in [4.69, 9.17) is 0 Å². The molecule has 0 radical (unpaired) electrons. The maximum absolute atomic E-state index is 12.6. The average Bonchev–Trinajstić information content (AvgIpc) is 3.24. The summed E-state index contributed by atoms with van der Waals surface area (Å²) in [5.74, 6) is 0.602. The van der Waals surface area contributed by atoms with Gasteiger partial charge in [0.2, 0.25) is 0 Å². The number of benzene rings is 1. The molecule has 1 aliphatic rings. The van der Waals surface area contributed by atoms with Crippen molar-refractivity contribution in [3.63, 3.8) is 0 Å². The molecule has 9 heteroatoms. The Balaban J connectivity index is 1.76. The zero-order valence-electron chi connectivity index (χ0n) is 16.3. The van der Waals surface area contributed by atoms with E-state index < -0.39 is 15.9 Å². The molecule has 1 amide bonds. The van der Waals surface area contributed by atoms with Gasteiger partial charge in [0, 0.05) is 31.4 Å². The molecular formula is C19H25N5O3S. The maximum atomic E-state index is 12.6. The Morgan fingerprint density at radius 2 is 2.14 bits per heavy atom. The Kier molecular flexibility index (Phi) is 5.83. The van der Waals surface area contributed by atoms with E-state index in [-0.39, 0.29) is 10.6 Å². The fourth-order valence-corrected chi connectivity index (χ4v) is 4.19. The summed E-state index contributed by atoms with van der Waals surface area (Å²) in [6.07, 6.45) is 2.33. The summed E-state index contributed by atoms with van der Waals surface area (Å²) in [5, 5.41) is 9.58. The number of hydrogen-bond donors (Lipinski definition) is 2. The number of amides is 1. The molecule has 1 aliphatic heterocycles. The largest absolute Gasteiger partial charge is 0.362 e. The lowest BCUT2D eigenvalue weighted by Gasteiger charge is -2.11. The summed E-state index contributed by atoms with van der Waals surface area (Å²) in [6.45, 7) is 4.96. The van der Waals surface area contributed by atoms with Gasteiger partial charge in [0.25, 0.3) is 15.9 Å². The highest BCUT2D eigenvalue weighted by Gasteiger charge is 2.21. The third-order valence-electron chi connectivity index (χ3n) is 4.44. The van der Waals surface area contributed by atoms with Crippen LogP contribution in [0, 0.1) is 5.92 Å². The van der Waals surface area contributed by atoms with Crippen LogP contribution in [0.25, 0.3) is 0 Å². The summed E-state index contributed by atoms with van der Waals surface area (Å²) in [5.41, 5.74) is 1.52. The number of aromatic amines is 1. The first kappa shape index (κ1) is 20.1. The summed E-state index contributed by atoms with van der Waals surface area (Å²) >= 11 is 0. The molecule has 1 aromatic carbocycles. The second-order valence-electron chi connectivity index (χ2n) is 7.37. The monoisotopic (exact) mass is 403 g/mol. The Hall–Kier alpha value is -2.68. The number of nitrogens with zero attached hydrogens (tertiary/aromatic N) is 3. The van der Waals surface area contributed by atoms with Crippen molar-refractivity contribution >= 4 is 27.5 Å². The van der Waals surface area contributed by atoms with E-state index in [1.807, 2.05) is 11.9 Å². The van der Waals surface area contributed by atoms with Gasteiger partial charge >= 0.3 is 0 Å². The van der Waals surface area contributed by atoms with Gasteiger partial charge in [-0.25, -0.2) is 0 Å². The third kappa shape index (κ3) is 4.78. The first-order valence-electron chi connectivity index (χ1n) is 9.25. The molecule has 8 nitrogen and oxygen atoms in total. The van der Waals surface area contributed by atoms with Crippen LogP contribution in [0.5, 0.6) is 0 Å². The van der Waals surface area contributed by atoms with Crippen LogP contribution in [0.15, 0.2) is 39.6 Å². The molecule has 0 spiro atoms. The molecule has 28 heavy (non-hydrogen) atoms. The smallest absolute Gasteiger partial charge is 0.284 e. The molecule has 2 aromatic rings. The number of amidine groups is 1. The number of carbonyl (C=O) groups is 1. The topological polar surface area (TPSA) is 108 Å². The van der Waals surface area contributed by atoms with Gasteiger partial charge in [0.1, 0.15) is 5.84 Å². The highest BCUT2D eigenvalue weighted by atomic mass is 32.2. The highest BCUT2D eigenvalue weighted by molar-refractivity contribution is 7.90. The van der Waals surface area contributed by atoms with E-state index in [2.05, 4.69) is 33.8 Å². The highest BCUT2D eigenvalue weighted by Crippen LogP contribution is 2.20. The molecule has 1 fully saturated rings. The van der Waals surface area contributed by atoms with Gasteiger partial charge < -0.3 is 10.2 Å². The average molecular weight is 404 g/mol. The molecule has 150 valence electrons. The number of anilines is 1. The van der Waals surface area contributed by atoms with Crippen LogP contribution in [-0.2, 0) is 16.4 Å². The number of rotatable bonds is 6. The molecule has 0 unspecified atom stereocenters. The number of aromatic nitrogens is 2. The van der Waals surface area contributed by atoms with E-state index >= 15 is 0 Å². The predicted molar refractivity (Wildman–Crippen MR) is 108 cm³/mol. The fourth-order valence-electron chi connectivity index (χ4n) is 3.05. The van der Waals surface area contributed by atoms with Crippen molar-refractivity contribution in [2.45, 2.75) is 38.0 Å². The van der Waals surface area contributed by atoms with Crippen molar-refractivity contribution in [2.75, 3.05) is 18.9 Å². The first-order chi connectivity index (χ1) is 13.2. The molecule has 3 rings (SSSR count). The van der Waals surface area contributed by atoms with Crippen LogP contribution in [0.2, 0.25) is 0 Å². The summed E-state index contributed by atoms with van der Waals surface area (Å²) in [7, 11) is -2.01. The second-order valence-corrected chi connectivity index (χ2v) is 8.97. The SMILES string of the molecule is CC(C)Cc1cc(C(=O)Nc2cccc(S(=O)(=O)/N=C3/CCCN3C)c2)n[nH]1. The zero-order valence-corrected chi connectivity index (χ0v) is 17.1. The zero-order chi connectivity index (χ0) is 20.3. The number of sulfonamides is 1. The fraction of sp³-hybridized carbons (Fsp3) is 0.421. The maximum Gasteiger partial charge on any atom is 0.284 e. The van der Waals surface area contributed by atoms with E-state index in [9.17, 15) is 13.2 Å². The lowest BCUT2D eigenvalue weighted by molar-refractivity contribution is 0.102. The minimum absolute atomic E-state index is 0.0422. The predicted octanol–water partition coefficient (Wildman–Crippen LogP) is 2.67. The minimum atomic E-state index is -3.84. The van der Waals surface area contributed by atoms with E-state index in [1.165, 1.54) is 12.1 Å². The standard InChI is InChI=1S/C19H25N5O3S/c1-13(2)10-15-12-17(22-21-15)19(25)20-14-6-4-7-16(11-14)28(26,27)23-18-8-5-9-24(18)3/h4,6-7,11-13H,5,8-10H2,1-3H3,(H,20,25)(H,21,22)/b23-18-. The molecule has 1 saturated heterocycles. The minimum Gasteiger partial charge on any atom is -0.362 e. The summed E-state index contributed by atoms with van der Waals surface area (Å²) in [4.78, 5) is 14.3. The molecule has 0 saturated carbocycles. The van der Waals surface area contributed by atoms with Crippen LogP contribution in [0.3, 0.4) is 0 Å². The Morgan fingerprint density at radius 1 is 1.36 bits per heavy atom. The normalized spacial score (nSPS) is 16.1. The van der Waals surface area contributed by atoms with Gasteiger partial charge in [-0.15, -0.1) is 4.40 Å². The lowest BCUT2D eigenvalue weighted by atomic mass is 10.1. The Bertz CT molecular complexity index is 995. The molecule has 2 heterocycles. The molecule has 0 bridgehead atoms. The molecule has 0 atom stereocenters. The van der Waals surface area contributed by atoms with Crippen molar-refractivity contribution in [1.29, 1.82) is 0 Å². The summed E-state index contributed by atoms with van der Waals surface area (Å²) < 4.78 is 29.2. The van der Waals surface area contributed by atoms with Crippen LogP contribution in [0.4, 0.5) is 5.69 Å². The number of nitrogens with one attached hydrogen (secondary N) is 2. The van der Waals surface area contributed by atoms with Crippen molar-refractivity contribution in [3.05, 3.63) is 41.7 Å². The molecule has 2 N–H and O–H groups in total. The number of hydrogen-bond acceptors (Lipinski definition) is 4. The van der Waals surface area contributed by atoms with Crippen molar-refractivity contribution in [3.8, 4) is 0 Å². The molecule has 1 aromatic heterocycles. The van der Waals surface area contributed by atoms with E-state index in [0.717, 1.165) is 25.1 Å². The van der Waals surface area contributed by atoms with Crippen LogP contribution < -0.4 is 5.32 Å². The quantitative estimate of drug-likeness (QED) is 0.771. The third-order valence-corrected chi connectivity index (χ3v) is 5.74. The van der Waals surface area contributed by atoms with Gasteiger partial charge in [-0.3, -0.25) is 9.89 Å². The summed E-state index contributed by atoms with van der Waals surface area (Å²) in [6, 6.07) is 7.80. The first-order valence-corrected chi connectivity index (χ1v) is 10.7. The van der Waals surface area contributed by atoms with Gasteiger partial charge in [-0.05, 0) is 43.0 Å². The Labute approximate surface area is 165 Å². The van der Waals surface area contributed by atoms with E-state index in [0.29, 0.717) is 23.9 Å². The number of likely N-dealkylation sites (tertiary alicyclic amines) is 1. The van der Waals surface area contributed by atoms with Crippen molar-refractivity contribution < 1.29 is 13.2 Å². The van der Waals surface area contributed by atoms with E-state index in [1.54, 1.807) is 18.2 Å². The van der Waals surface area contributed by atoms with Crippen molar-refractivity contribution in [1.82, 2.24) is 15.1 Å². The number of H-pyrrole nitrogens is 1. The van der Waals surface area contributed by atoms with Gasteiger partial charge in [-0.2, -0.15) is 13.5 Å². The van der Waals surface area contributed by atoms with Gasteiger partial charge in [0.15, 0.2) is 5.69 Å². The van der Waals surface area contributed by atoms with Crippen molar-refractivity contribution in [2.24, 2.45) is 10.3 Å². The second kappa shape index (κ2) is 8.14. The Morgan fingerprint density at radius 3 is 2.82 bits per heavy atom. The molecule has 0 aliphatic carbocycles.